The third kappa shape index (κ3) is 6.57. The minimum atomic E-state index is -0.119. The molecule has 1 atom stereocenters. The van der Waals surface area contributed by atoms with Crippen LogP contribution < -0.4 is 10.1 Å². The quantitative estimate of drug-likeness (QED) is 0.752. The second-order valence-corrected chi connectivity index (χ2v) is 9.05. The average Bonchev–Trinajstić information content (AvgIpc) is 2.70. The first kappa shape index (κ1) is 22.3. The highest BCUT2D eigenvalue weighted by Crippen LogP contribution is 2.30. The van der Waals surface area contributed by atoms with E-state index in [4.69, 9.17) is 9.47 Å². The van der Waals surface area contributed by atoms with E-state index in [0.29, 0.717) is 6.54 Å². The second-order valence-electron chi connectivity index (χ2n) is 9.05. The molecule has 1 saturated heterocycles. The SMILES string of the molecule is CC1CN(Cc2cccc(CNC(=O)COc3ccccc3C(C)(C)C)c2)CCO1. The molecular formula is C25H34N2O3. The Morgan fingerprint density at radius 1 is 1.17 bits per heavy atom. The van der Waals surface area contributed by atoms with Crippen LogP contribution in [0.2, 0.25) is 0 Å². The number of ether oxygens (including phenoxy) is 2. The summed E-state index contributed by atoms with van der Waals surface area (Å²) in [5.41, 5.74) is 3.41. The lowest BCUT2D eigenvalue weighted by Gasteiger charge is -2.31. The number of para-hydroxylation sites is 1. The molecule has 5 nitrogen and oxygen atoms in total. The largest absolute Gasteiger partial charge is 0.483 e. The molecular weight excluding hydrogens is 376 g/mol. The highest BCUT2D eigenvalue weighted by molar-refractivity contribution is 5.77. The average molecular weight is 411 g/mol. The molecule has 1 aliphatic rings. The second kappa shape index (κ2) is 10.1. The van der Waals surface area contributed by atoms with Gasteiger partial charge in [-0.2, -0.15) is 0 Å². The van der Waals surface area contributed by atoms with Gasteiger partial charge in [-0.1, -0.05) is 63.2 Å². The Kier molecular flexibility index (Phi) is 7.51. The third-order valence-electron chi connectivity index (χ3n) is 5.27. The number of morpholine rings is 1. The Balaban J connectivity index is 1.49. The van der Waals surface area contributed by atoms with Crippen molar-refractivity contribution in [3.8, 4) is 5.75 Å². The summed E-state index contributed by atoms with van der Waals surface area (Å²) in [6, 6.07) is 16.3. The molecule has 2 aromatic carbocycles. The molecule has 30 heavy (non-hydrogen) atoms. The maximum Gasteiger partial charge on any atom is 0.258 e. The van der Waals surface area contributed by atoms with E-state index in [9.17, 15) is 4.79 Å². The molecule has 0 saturated carbocycles. The number of nitrogens with zero attached hydrogens (tertiary/aromatic N) is 1. The van der Waals surface area contributed by atoms with Gasteiger partial charge in [0.1, 0.15) is 5.75 Å². The van der Waals surface area contributed by atoms with E-state index in [1.54, 1.807) is 0 Å². The van der Waals surface area contributed by atoms with Crippen LogP contribution >= 0.6 is 0 Å². The Morgan fingerprint density at radius 3 is 2.70 bits per heavy atom. The lowest BCUT2D eigenvalue weighted by atomic mass is 9.86. The zero-order chi connectivity index (χ0) is 21.6. The Bertz CT molecular complexity index is 844. The van der Waals surface area contributed by atoms with Crippen LogP contribution in [0.25, 0.3) is 0 Å². The summed E-state index contributed by atoms with van der Waals surface area (Å²) in [5.74, 6) is 0.646. The maximum absolute atomic E-state index is 12.3. The fourth-order valence-electron chi connectivity index (χ4n) is 3.74. The van der Waals surface area contributed by atoms with Gasteiger partial charge >= 0.3 is 0 Å². The third-order valence-corrected chi connectivity index (χ3v) is 5.27. The van der Waals surface area contributed by atoms with Gasteiger partial charge in [0.2, 0.25) is 0 Å². The predicted octanol–water partition coefficient (Wildman–Crippen LogP) is 3.90. The molecule has 162 valence electrons. The Morgan fingerprint density at radius 2 is 1.93 bits per heavy atom. The van der Waals surface area contributed by atoms with Gasteiger partial charge in [0, 0.05) is 26.2 Å². The van der Waals surface area contributed by atoms with Crippen LogP contribution in [0.15, 0.2) is 48.5 Å². The molecule has 5 heteroatoms. The van der Waals surface area contributed by atoms with Crippen molar-refractivity contribution in [1.29, 1.82) is 0 Å². The number of amides is 1. The zero-order valence-corrected chi connectivity index (χ0v) is 18.6. The Labute approximate surface area is 180 Å². The molecule has 0 radical (unpaired) electrons. The van der Waals surface area contributed by atoms with Gasteiger partial charge in [-0.05, 0) is 35.1 Å². The molecule has 0 spiro atoms. The molecule has 0 bridgehead atoms. The maximum atomic E-state index is 12.3. The van der Waals surface area contributed by atoms with Crippen LogP contribution in [0.5, 0.6) is 5.75 Å². The molecule has 1 aliphatic heterocycles. The van der Waals surface area contributed by atoms with Crippen molar-refractivity contribution in [1.82, 2.24) is 10.2 Å². The first-order valence-corrected chi connectivity index (χ1v) is 10.7. The van der Waals surface area contributed by atoms with Crippen molar-refractivity contribution in [2.45, 2.75) is 52.3 Å². The number of rotatable bonds is 7. The first-order chi connectivity index (χ1) is 14.3. The number of hydrogen-bond acceptors (Lipinski definition) is 4. The van der Waals surface area contributed by atoms with Gasteiger partial charge in [0.05, 0.1) is 12.7 Å². The highest BCUT2D eigenvalue weighted by Gasteiger charge is 2.19. The lowest BCUT2D eigenvalue weighted by Crippen LogP contribution is -2.40. The molecule has 0 aliphatic carbocycles. The van der Waals surface area contributed by atoms with Crippen LogP contribution in [0, 0.1) is 0 Å². The van der Waals surface area contributed by atoms with Gasteiger partial charge in [0.15, 0.2) is 6.61 Å². The van der Waals surface area contributed by atoms with Crippen LogP contribution in [0.3, 0.4) is 0 Å². The molecule has 3 rings (SSSR count). The number of hydrogen-bond donors (Lipinski definition) is 1. The summed E-state index contributed by atoms with van der Waals surface area (Å²) < 4.78 is 11.4. The van der Waals surface area contributed by atoms with Gasteiger partial charge < -0.3 is 14.8 Å². The van der Waals surface area contributed by atoms with Gasteiger partial charge in [-0.15, -0.1) is 0 Å². The number of benzene rings is 2. The van der Waals surface area contributed by atoms with Crippen molar-refractivity contribution in [3.63, 3.8) is 0 Å². The Hall–Kier alpha value is -2.37. The summed E-state index contributed by atoms with van der Waals surface area (Å²) in [6.45, 7) is 12.6. The molecule has 1 unspecified atom stereocenters. The smallest absolute Gasteiger partial charge is 0.258 e. The molecule has 2 aromatic rings. The van der Waals surface area contributed by atoms with E-state index in [1.807, 2.05) is 30.3 Å². The van der Waals surface area contributed by atoms with Crippen LogP contribution in [0.4, 0.5) is 0 Å². The topological polar surface area (TPSA) is 50.8 Å². The summed E-state index contributed by atoms with van der Waals surface area (Å²) in [5, 5.41) is 2.97. The summed E-state index contributed by atoms with van der Waals surface area (Å²) in [7, 11) is 0. The lowest BCUT2D eigenvalue weighted by molar-refractivity contribution is -0.123. The molecule has 1 amide bonds. The summed E-state index contributed by atoms with van der Waals surface area (Å²) in [6.07, 6.45) is 0.282. The van der Waals surface area contributed by atoms with Crippen LogP contribution in [0.1, 0.15) is 44.4 Å². The van der Waals surface area contributed by atoms with E-state index >= 15 is 0 Å². The van der Waals surface area contributed by atoms with Crippen molar-refractivity contribution in [3.05, 3.63) is 65.2 Å². The van der Waals surface area contributed by atoms with Gasteiger partial charge in [0.25, 0.3) is 5.91 Å². The fraction of sp³-hybridized carbons (Fsp3) is 0.480. The van der Waals surface area contributed by atoms with Crippen LogP contribution in [-0.4, -0.2) is 43.2 Å². The van der Waals surface area contributed by atoms with Crippen LogP contribution in [-0.2, 0) is 28.0 Å². The molecule has 1 fully saturated rings. The first-order valence-electron chi connectivity index (χ1n) is 10.7. The standard InChI is InChI=1S/C25H34N2O3/c1-19-16-27(12-13-29-19)17-21-9-7-8-20(14-21)15-26-24(28)18-30-23-11-6-5-10-22(23)25(2,3)4/h5-11,14,19H,12-13,15-18H2,1-4H3,(H,26,28). The number of carbonyl (C=O) groups excluding carboxylic acids is 1. The number of carbonyl (C=O) groups is 1. The monoisotopic (exact) mass is 410 g/mol. The van der Waals surface area contributed by atoms with Gasteiger partial charge in [-0.3, -0.25) is 9.69 Å². The number of nitrogens with one attached hydrogen (secondary N) is 1. The summed E-state index contributed by atoms with van der Waals surface area (Å²) >= 11 is 0. The van der Waals surface area contributed by atoms with Crippen molar-refractivity contribution >= 4 is 5.91 Å². The van der Waals surface area contributed by atoms with E-state index in [2.05, 4.69) is 56.1 Å². The normalized spacial score (nSPS) is 17.5. The minimum Gasteiger partial charge on any atom is -0.483 e. The highest BCUT2D eigenvalue weighted by atomic mass is 16.5. The van der Waals surface area contributed by atoms with E-state index < -0.39 is 0 Å². The zero-order valence-electron chi connectivity index (χ0n) is 18.6. The molecule has 1 heterocycles. The molecule has 1 N–H and O–H groups in total. The van der Waals surface area contributed by atoms with Crippen molar-refractivity contribution < 1.29 is 14.3 Å². The van der Waals surface area contributed by atoms with Crippen molar-refractivity contribution in [2.75, 3.05) is 26.3 Å². The van der Waals surface area contributed by atoms with E-state index in [1.165, 1.54) is 5.56 Å². The summed E-state index contributed by atoms with van der Waals surface area (Å²) in [4.78, 5) is 14.7. The fourth-order valence-corrected chi connectivity index (χ4v) is 3.74. The minimum absolute atomic E-state index is 0.0124. The predicted molar refractivity (Wildman–Crippen MR) is 120 cm³/mol. The van der Waals surface area contributed by atoms with Crippen molar-refractivity contribution in [2.24, 2.45) is 0 Å². The van der Waals surface area contributed by atoms with E-state index in [-0.39, 0.29) is 24.0 Å². The van der Waals surface area contributed by atoms with E-state index in [0.717, 1.165) is 43.1 Å². The van der Waals surface area contributed by atoms with Gasteiger partial charge in [-0.25, -0.2) is 0 Å². The molecule has 0 aromatic heterocycles.